The second-order valence-corrected chi connectivity index (χ2v) is 17.1. The summed E-state index contributed by atoms with van der Waals surface area (Å²) in [4.78, 5) is 2.40. The summed E-state index contributed by atoms with van der Waals surface area (Å²) in [5.74, 6) is 0. The minimum Gasteiger partial charge on any atom is -0.310 e. The van der Waals surface area contributed by atoms with E-state index in [4.69, 9.17) is 0 Å². The Morgan fingerprint density at radius 3 is 1.22 bits per heavy atom. The Balaban J connectivity index is 0.968. The second-order valence-electron chi connectivity index (χ2n) is 17.1. The van der Waals surface area contributed by atoms with Crippen molar-refractivity contribution in [1.82, 2.24) is 0 Å². The van der Waals surface area contributed by atoms with Crippen molar-refractivity contribution in [3.05, 3.63) is 271 Å². The van der Waals surface area contributed by atoms with E-state index in [1.54, 1.807) is 0 Å². The predicted octanol–water partition coefficient (Wildman–Crippen LogP) is 16.8. The van der Waals surface area contributed by atoms with Gasteiger partial charge in [0, 0.05) is 17.1 Å². The summed E-state index contributed by atoms with van der Waals surface area (Å²) in [6.07, 6.45) is 0. The zero-order valence-corrected chi connectivity index (χ0v) is 35.1. The van der Waals surface area contributed by atoms with Gasteiger partial charge < -0.3 is 4.90 Å². The van der Waals surface area contributed by atoms with Crippen LogP contribution in [0, 0.1) is 0 Å². The first-order chi connectivity index (χ1) is 31.8. The molecule has 1 spiro atoms. The van der Waals surface area contributed by atoms with Gasteiger partial charge in [-0.1, -0.05) is 212 Å². The first kappa shape index (κ1) is 36.4. The predicted molar refractivity (Wildman–Crippen MR) is 269 cm³/mol. The molecule has 11 aromatic carbocycles. The molecule has 0 aliphatic heterocycles. The molecule has 2 aliphatic carbocycles. The van der Waals surface area contributed by atoms with E-state index >= 15 is 0 Å². The van der Waals surface area contributed by atoms with E-state index in [9.17, 15) is 0 Å². The van der Waals surface area contributed by atoms with E-state index in [1.165, 1.54) is 99.4 Å². The standard InChI is InChI=1S/C63H41N/c1-3-21-50-42(15-1)17-12-26-52(50)44-33-37-47(38-34-44)64(49-20-11-19-46(41-49)53-27-13-18-43-16-2-4-22-51(43)53)48-39-35-45(36-40-48)54-28-14-29-58-57-25-7-10-32-61(57)63(62(54)58)59-30-8-5-23-55(59)56-24-6-9-31-60(56)63/h1-41H. The monoisotopic (exact) mass is 811 g/mol. The normalized spacial score (nSPS) is 12.8. The van der Waals surface area contributed by atoms with Crippen LogP contribution in [0.4, 0.5) is 17.1 Å². The van der Waals surface area contributed by atoms with Crippen molar-refractivity contribution in [3.63, 3.8) is 0 Å². The Morgan fingerprint density at radius 2 is 0.641 bits per heavy atom. The Kier molecular flexibility index (Phi) is 8.20. The number of rotatable bonds is 6. The summed E-state index contributed by atoms with van der Waals surface area (Å²) in [5, 5.41) is 5.00. The van der Waals surface area contributed by atoms with Gasteiger partial charge in [-0.25, -0.2) is 0 Å². The number of hydrogen-bond donors (Lipinski definition) is 0. The zero-order valence-electron chi connectivity index (χ0n) is 35.1. The van der Waals surface area contributed by atoms with E-state index in [1.807, 2.05) is 0 Å². The summed E-state index contributed by atoms with van der Waals surface area (Å²) in [6.45, 7) is 0. The van der Waals surface area contributed by atoms with Crippen LogP contribution in [0.1, 0.15) is 22.3 Å². The van der Waals surface area contributed by atoms with Crippen LogP contribution in [0.5, 0.6) is 0 Å². The van der Waals surface area contributed by atoms with Crippen LogP contribution in [0.3, 0.4) is 0 Å². The molecule has 0 heterocycles. The van der Waals surface area contributed by atoms with Crippen LogP contribution >= 0.6 is 0 Å². The molecule has 0 amide bonds. The summed E-state index contributed by atoms with van der Waals surface area (Å²) >= 11 is 0. The molecule has 0 saturated heterocycles. The summed E-state index contributed by atoms with van der Waals surface area (Å²) in [7, 11) is 0. The lowest BCUT2D eigenvalue weighted by molar-refractivity contribution is 0.796. The molecule has 64 heavy (non-hydrogen) atoms. The molecule has 13 rings (SSSR count). The Labute approximate surface area is 373 Å². The Morgan fingerprint density at radius 1 is 0.250 bits per heavy atom. The maximum Gasteiger partial charge on any atom is 0.0731 e. The minimum atomic E-state index is -0.422. The van der Waals surface area contributed by atoms with E-state index < -0.39 is 5.41 Å². The van der Waals surface area contributed by atoms with Crippen LogP contribution in [0.15, 0.2) is 249 Å². The molecule has 1 nitrogen and oxygen atoms in total. The van der Waals surface area contributed by atoms with Crippen molar-refractivity contribution in [1.29, 1.82) is 0 Å². The van der Waals surface area contributed by atoms with E-state index in [-0.39, 0.29) is 0 Å². The summed E-state index contributed by atoms with van der Waals surface area (Å²) < 4.78 is 0. The zero-order chi connectivity index (χ0) is 42.2. The molecular formula is C63H41N. The van der Waals surface area contributed by atoms with Crippen molar-refractivity contribution >= 4 is 38.6 Å². The third-order valence-corrected chi connectivity index (χ3v) is 13.9. The SMILES string of the molecule is c1cc(-c2cccc3ccccc23)cc(N(c2ccc(-c3cccc4c3C3(c5ccccc5-c5ccccc53)c3ccccc3-4)cc2)c2ccc(-c3cccc4ccccc34)cc2)c1. The highest BCUT2D eigenvalue weighted by Crippen LogP contribution is 2.64. The fourth-order valence-electron chi connectivity index (χ4n) is 11.2. The highest BCUT2D eigenvalue weighted by molar-refractivity contribution is 6.01. The number of fused-ring (bicyclic) bond motifs is 12. The minimum absolute atomic E-state index is 0.422. The molecule has 11 aromatic rings. The molecule has 0 N–H and O–H groups in total. The third kappa shape index (κ3) is 5.38. The molecule has 2 aliphatic rings. The average molecular weight is 812 g/mol. The van der Waals surface area contributed by atoms with Gasteiger partial charge in [0.1, 0.15) is 0 Å². The van der Waals surface area contributed by atoms with Crippen LogP contribution in [-0.4, -0.2) is 0 Å². The van der Waals surface area contributed by atoms with E-state index in [0.717, 1.165) is 17.1 Å². The molecule has 298 valence electrons. The van der Waals surface area contributed by atoms with Gasteiger partial charge in [-0.05, 0) is 136 Å². The van der Waals surface area contributed by atoms with Gasteiger partial charge in [0.15, 0.2) is 0 Å². The van der Waals surface area contributed by atoms with Crippen LogP contribution in [0.2, 0.25) is 0 Å². The molecule has 0 aromatic heterocycles. The summed E-state index contributed by atoms with van der Waals surface area (Å²) in [5.41, 5.74) is 20.9. The molecular weight excluding hydrogens is 771 g/mol. The van der Waals surface area contributed by atoms with Gasteiger partial charge >= 0.3 is 0 Å². The first-order valence-corrected chi connectivity index (χ1v) is 22.3. The average Bonchev–Trinajstić information content (AvgIpc) is 3.84. The van der Waals surface area contributed by atoms with Gasteiger partial charge in [-0.15, -0.1) is 0 Å². The van der Waals surface area contributed by atoms with E-state index in [2.05, 4.69) is 254 Å². The van der Waals surface area contributed by atoms with E-state index in [0.29, 0.717) is 0 Å². The largest absolute Gasteiger partial charge is 0.310 e. The molecule has 0 bridgehead atoms. The van der Waals surface area contributed by atoms with Crippen molar-refractivity contribution in [2.75, 3.05) is 4.90 Å². The number of benzene rings is 11. The van der Waals surface area contributed by atoms with Gasteiger partial charge in [-0.3, -0.25) is 0 Å². The molecule has 0 unspecified atom stereocenters. The first-order valence-electron chi connectivity index (χ1n) is 22.3. The maximum atomic E-state index is 2.40. The number of nitrogens with zero attached hydrogens (tertiary/aromatic N) is 1. The fourth-order valence-corrected chi connectivity index (χ4v) is 11.2. The van der Waals surface area contributed by atoms with Gasteiger partial charge in [0.25, 0.3) is 0 Å². The summed E-state index contributed by atoms with van der Waals surface area (Å²) in [6, 6.07) is 92.0. The van der Waals surface area contributed by atoms with Crippen molar-refractivity contribution in [2.24, 2.45) is 0 Å². The lowest BCUT2D eigenvalue weighted by Crippen LogP contribution is -2.26. The Bertz CT molecular complexity index is 3540. The molecule has 0 saturated carbocycles. The quantitative estimate of drug-likeness (QED) is 0.162. The lowest BCUT2D eigenvalue weighted by atomic mass is 9.68. The molecule has 0 radical (unpaired) electrons. The van der Waals surface area contributed by atoms with Gasteiger partial charge in [0.05, 0.1) is 5.41 Å². The van der Waals surface area contributed by atoms with Crippen molar-refractivity contribution in [2.45, 2.75) is 5.41 Å². The van der Waals surface area contributed by atoms with Crippen LogP contribution in [-0.2, 0) is 5.41 Å². The smallest absolute Gasteiger partial charge is 0.0731 e. The van der Waals surface area contributed by atoms with Gasteiger partial charge in [0.2, 0.25) is 0 Å². The molecule has 0 fully saturated rings. The fraction of sp³-hybridized carbons (Fsp3) is 0.0159. The van der Waals surface area contributed by atoms with Crippen molar-refractivity contribution in [3.8, 4) is 55.6 Å². The van der Waals surface area contributed by atoms with Crippen LogP contribution < -0.4 is 4.90 Å². The van der Waals surface area contributed by atoms with Gasteiger partial charge in [-0.2, -0.15) is 0 Å². The third-order valence-electron chi connectivity index (χ3n) is 13.9. The van der Waals surface area contributed by atoms with Crippen molar-refractivity contribution < 1.29 is 0 Å². The van der Waals surface area contributed by atoms with Crippen LogP contribution in [0.25, 0.3) is 77.2 Å². The lowest BCUT2D eigenvalue weighted by Gasteiger charge is -2.32. The maximum absolute atomic E-state index is 2.40. The number of anilines is 3. The highest BCUT2D eigenvalue weighted by Gasteiger charge is 2.52. The Hall–Kier alpha value is -8.26. The topological polar surface area (TPSA) is 3.24 Å². The molecule has 0 atom stereocenters. The highest BCUT2D eigenvalue weighted by atomic mass is 15.1. The number of hydrogen-bond acceptors (Lipinski definition) is 1. The molecule has 1 heteroatoms. The second kappa shape index (κ2) is 14.4.